The average molecular weight is 235 g/mol. The second-order valence-corrected chi connectivity index (χ2v) is 3.65. The van der Waals surface area contributed by atoms with E-state index in [1.54, 1.807) is 18.2 Å². The molecule has 0 spiro atoms. The van der Waals surface area contributed by atoms with E-state index in [1.165, 1.54) is 6.07 Å². The van der Waals surface area contributed by atoms with E-state index < -0.39 is 0 Å². The van der Waals surface area contributed by atoms with Gasteiger partial charge in [-0.05, 0) is 18.2 Å². The summed E-state index contributed by atoms with van der Waals surface area (Å²) >= 11 is 0. The predicted molar refractivity (Wildman–Crippen MR) is 60.9 cm³/mol. The lowest BCUT2D eigenvalue weighted by Gasteiger charge is -1.97. The molecule has 0 fully saturated rings. The Bertz CT molecular complexity index is 484. The van der Waals surface area contributed by atoms with Crippen molar-refractivity contribution in [3.8, 4) is 0 Å². The van der Waals surface area contributed by atoms with Gasteiger partial charge >= 0.3 is 0 Å². The largest absolute Gasteiger partial charge is 0.338 e. The summed E-state index contributed by atoms with van der Waals surface area (Å²) in [5.41, 5.74) is 0.573. The fraction of sp³-hybridized carbons (Fsp3) is 0.333. The van der Waals surface area contributed by atoms with Crippen molar-refractivity contribution in [3.05, 3.63) is 47.4 Å². The Morgan fingerprint density at radius 2 is 2.18 bits per heavy atom. The van der Waals surface area contributed by atoms with Crippen LogP contribution in [0.2, 0.25) is 0 Å². The zero-order chi connectivity index (χ0) is 12.1. The fourth-order valence-electron chi connectivity index (χ4n) is 1.48. The molecule has 4 nitrogen and oxygen atoms in total. The van der Waals surface area contributed by atoms with Gasteiger partial charge in [-0.25, -0.2) is 4.39 Å². The van der Waals surface area contributed by atoms with Gasteiger partial charge in [0.15, 0.2) is 5.82 Å². The van der Waals surface area contributed by atoms with Crippen LogP contribution in [0.25, 0.3) is 0 Å². The van der Waals surface area contributed by atoms with Gasteiger partial charge < -0.3 is 9.84 Å². The molecule has 1 N–H and O–H groups in total. The molecule has 0 bridgehead atoms. The van der Waals surface area contributed by atoms with Gasteiger partial charge in [0, 0.05) is 6.42 Å². The Labute approximate surface area is 98.8 Å². The maximum absolute atomic E-state index is 13.4. The Kier molecular flexibility index (Phi) is 3.82. The van der Waals surface area contributed by atoms with Gasteiger partial charge in [0.1, 0.15) is 5.82 Å². The van der Waals surface area contributed by atoms with Crippen molar-refractivity contribution in [1.29, 1.82) is 0 Å². The van der Waals surface area contributed by atoms with Crippen molar-refractivity contribution in [1.82, 2.24) is 15.5 Å². The van der Waals surface area contributed by atoms with Crippen molar-refractivity contribution in [2.24, 2.45) is 0 Å². The molecule has 2 aromatic rings. The van der Waals surface area contributed by atoms with Gasteiger partial charge in [0.05, 0.1) is 6.54 Å². The standard InChI is InChI=1S/C12H14FN3O/c1-2-14-8-12-15-11(16-17-12)7-9-5-3-4-6-10(9)13/h3-6,14H,2,7-8H2,1H3. The molecule has 17 heavy (non-hydrogen) atoms. The van der Waals surface area contributed by atoms with Crippen LogP contribution in [0, 0.1) is 5.82 Å². The van der Waals surface area contributed by atoms with Gasteiger partial charge in [-0.3, -0.25) is 0 Å². The first-order chi connectivity index (χ1) is 8.29. The molecule has 0 saturated carbocycles. The molecule has 0 saturated heterocycles. The molecule has 0 atom stereocenters. The molecule has 1 aromatic heterocycles. The van der Waals surface area contributed by atoms with Gasteiger partial charge in [0.2, 0.25) is 5.89 Å². The average Bonchev–Trinajstić information content (AvgIpc) is 2.77. The molecule has 5 heteroatoms. The van der Waals surface area contributed by atoms with Crippen molar-refractivity contribution in [2.45, 2.75) is 19.9 Å². The third-order valence-corrected chi connectivity index (χ3v) is 2.34. The molecule has 0 unspecified atom stereocenters. The van der Waals surface area contributed by atoms with E-state index in [-0.39, 0.29) is 5.82 Å². The van der Waals surface area contributed by atoms with Gasteiger partial charge in [-0.15, -0.1) is 0 Å². The second kappa shape index (κ2) is 5.54. The summed E-state index contributed by atoms with van der Waals surface area (Å²) in [5.74, 6) is 0.784. The molecule has 0 radical (unpaired) electrons. The topological polar surface area (TPSA) is 51.0 Å². The monoisotopic (exact) mass is 235 g/mol. The summed E-state index contributed by atoms with van der Waals surface area (Å²) in [6.07, 6.45) is 0.350. The highest BCUT2D eigenvalue weighted by Crippen LogP contribution is 2.10. The zero-order valence-electron chi connectivity index (χ0n) is 9.61. The number of nitrogens with one attached hydrogen (secondary N) is 1. The molecule has 0 aliphatic carbocycles. The van der Waals surface area contributed by atoms with E-state index in [4.69, 9.17) is 4.52 Å². The number of aromatic nitrogens is 2. The SMILES string of the molecule is CCNCc1nc(Cc2ccccc2F)no1. The van der Waals surface area contributed by atoms with Crippen LogP contribution in [0.5, 0.6) is 0 Å². The first-order valence-corrected chi connectivity index (χ1v) is 5.55. The van der Waals surface area contributed by atoms with E-state index in [0.717, 1.165) is 6.54 Å². The smallest absolute Gasteiger partial charge is 0.240 e. The minimum atomic E-state index is -0.245. The fourth-order valence-corrected chi connectivity index (χ4v) is 1.48. The molecule has 0 aliphatic rings. The third-order valence-electron chi connectivity index (χ3n) is 2.34. The number of rotatable bonds is 5. The Morgan fingerprint density at radius 3 is 2.94 bits per heavy atom. The van der Waals surface area contributed by atoms with Gasteiger partial charge in [-0.2, -0.15) is 4.98 Å². The minimum Gasteiger partial charge on any atom is -0.338 e. The van der Waals surface area contributed by atoms with Crippen LogP contribution in [0.4, 0.5) is 4.39 Å². The Morgan fingerprint density at radius 1 is 1.35 bits per heavy atom. The quantitative estimate of drug-likeness (QED) is 0.860. The number of benzene rings is 1. The van der Waals surface area contributed by atoms with Crippen LogP contribution in [0.1, 0.15) is 24.2 Å². The summed E-state index contributed by atoms with van der Waals surface area (Å²) in [5, 5.41) is 6.90. The molecular weight excluding hydrogens is 221 g/mol. The van der Waals surface area contributed by atoms with Crippen LogP contribution in [0.15, 0.2) is 28.8 Å². The van der Waals surface area contributed by atoms with E-state index in [1.807, 2.05) is 6.92 Å². The lowest BCUT2D eigenvalue weighted by molar-refractivity contribution is 0.364. The van der Waals surface area contributed by atoms with Crippen LogP contribution in [-0.2, 0) is 13.0 Å². The second-order valence-electron chi connectivity index (χ2n) is 3.65. The van der Waals surface area contributed by atoms with Gasteiger partial charge in [-0.1, -0.05) is 30.3 Å². The highest BCUT2D eigenvalue weighted by molar-refractivity contribution is 5.20. The number of halogens is 1. The third kappa shape index (κ3) is 3.10. The number of hydrogen-bond acceptors (Lipinski definition) is 4. The zero-order valence-corrected chi connectivity index (χ0v) is 9.61. The lowest BCUT2D eigenvalue weighted by Crippen LogP contribution is -2.11. The Balaban J connectivity index is 2.04. The van der Waals surface area contributed by atoms with Crippen molar-refractivity contribution in [3.63, 3.8) is 0 Å². The first-order valence-electron chi connectivity index (χ1n) is 5.55. The number of hydrogen-bond donors (Lipinski definition) is 1. The van der Waals surface area contributed by atoms with Crippen LogP contribution >= 0.6 is 0 Å². The Hall–Kier alpha value is -1.75. The van der Waals surface area contributed by atoms with Crippen molar-refractivity contribution in [2.75, 3.05) is 6.54 Å². The van der Waals surface area contributed by atoms with Crippen LogP contribution in [-0.4, -0.2) is 16.7 Å². The predicted octanol–water partition coefficient (Wildman–Crippen LogP) is 1.91. The van der Waals surface area contributed by atoms with E-state index in [9.17, 15) is 4.39 Å². The molecule has 2 rings (SSSR count). The van der Waals surface area contributed by atoms with E-state index in [2.05, 4.69) is 15.5 Å². The van der Waals surface area contributed by atoms with Crippen molar-refractivity contribution < 1.29 is 8.91 Å². The lowest BCUT2D eigenvalue weighted by atomic mass is 10.1. The highest BCUT2D eigenvalue weighted by Gasteiger charge is 2.08. The van der Waals surface area contributed by atoms with E-state index in [0.29, 0.717) is 30.2 Å². The molecular formula is C12H14FN3O. The molecule has 90 valence electrons. The number of nitrogens with zero attached hydrogens (tertiary/aromatic N) is 2. The molecule has 1 aromatic carbocycles. The van der Waals surface area contributed by atoms with Crippen LogP contribution in [0.3, 0.4) is 0 Å². The first kappa shape index (κ1) is 11.7. The van der Waals surface area contributed by atoms with Crippen LogP contribution < -0.4 is 5.32 Å². The molecule has 0 amide bonds. The molecule has 0 aliphatic heterocycles. The maximum Gasteiger partial charge on any atom is 0.240 e. The summed E-state index contributed by atoms with van der Waals surface area (Å²) in [6, 6.07) is 6.59. The highest BCUT2D eigenvalue weighted by atomic mass is 19.1. The van der Waals surface area contributed by atoms with Gasteiger partial charge in [0.25, 0.3) is 0 Å². The molecule has 1 heterocycles. The normalized spacial score (nSPS) is 10.7. The summed E-state index contributed by atoms with van der Waals surface area (Å²) < 4.78 is 18.4. The summed E-state index contributed by atoms with van der Waals surface area (Å²) in [6.45, 7) is 3.38. The summed E-state index contributed by atoms with van der Waals surface area (Å²) in [7, 11) is 0. The van der Waals surface area contributed by atoms with E-state index >= 15 is 0 Å². The maximum atomic E-state index is 13.4. The summed E-state index contributed by atoms with van der Waals surface area (Å²) in [4.78, 5) is 4.18. The van der Waals surface area contributed by atoms with Crippen molar-refractivity contribution >= 4 is 0 Å². The minimum absolute atomic E-state index is 0.245.